The van der Waals surface area contributed by atoms with E-state index in [2.05, 4.69) is 15.4 Å². The Morgan fingerprint density at radius 2 is 2.12 bits per heavy atom. The highest BCUT2D eigenvalue weighted by atomic mass is 16.5. The molecule has 3 atom stereocenters. The van der Waals surface area contributed by atoms with Crippen LogP contribution in [0.3, 0.4) is 0 Å². The molecule has 92 valence electrons. The van der Waals surface area contributed by atoms with E-state index in [1.807, 2.05) is 0 Å². The van der Waals surface area contributed by atoms with Crippen molar-refractivity contribution in [3.8, 4) is 0 Å². The Kier molecular flexibility index (Phi) is 4.70. The molecule has 1 saturated heterocycles. The molecule has 1 aliphatic heterocycles. The summed E-state index contributed by atoms with van der Waals surface area (Å²) in [4.78, 5) is 22.9. The number of nitrogens with one attached hydrogen (secondary N) is 2. The molecule has 1 fully saturated rings. The fraction of sp³-hybridized carbons (Fsp3) is 0.800. The number of carbonyl (C=O) groups is 2. The maximum atomic E-state index is 11.8. The minimum atomic E-state index is -0.629. The van der Waals surface area contributed by atoms with Gasteiger partial charge in [0.05, 0.1) is 26.2 Å². The SMILES string of the molecule is CNC1COCC1C(=O)NC(C)C(=O)OC. The van der Waals surface area contributed by atoms with Crippen molar-refractivity contribution in [2.24, 2.45) is 5.92 Å². The number of likely N-dealkylation sites (N-methyl/N-ethyl adjacent to an activating group) is 1. The van der Waals surface area contributed by atoms with Gasteiger partial charge in [0.15, 0.2) is 0 Å². The molecule has 0 saturated carbocycles. The van der Waals surface area contributed by atoms with E-state index in [-0.39, 0.29) is 17.9 Å². The Hall–Kier alpha value is -1.14. The Balaban J connectivity index is 2.48. The third-order valence-corrected chi connectivity index (χ3v) is 2.70. The molecular weight excluding hydrogens is 212 g/mol. The number of hydrogen-bond donors (Lipinski definition) is 2. The van der Waals surface area contributed by atoms with Crippen molar-refractivity contribution in [1.82, 2.24) is 10.6 Å². The van der Waals surface area contributed by atoms with E-state index in [4.69, 9.17) is 4.74 Å². The van der Waals surface area contributed by atoms with Gasteiger partial charge < -0.3 is 20.1 Å². The Morgan fingerprint density at radius 1 is 1.44 bits per heavy atom. The van der Waals surface area contributed by atoms with Gasteiger partial charge in [-0.1, -0.05) is 0 Å². The van der Waals surface area contributed by atoms with Gasteiger partial charge >= 0.3 is 5.97 Å². The molecular formula is C10H18N2O4. The van der Waals surface area contributed by atoms with Crippen molar-refractivity contribution in [3.05, 3.63) is 0 Å². The van der Waals surface area contributed by atoms with Gasteiger partial charge in [0.1, 0.15) is 6.04 Å². The summed E-state index contributed by atoms with van der Waals surface area (Å²) in [5.41, 5.74) is 0. The second-order valence-electron chi connectivity index (χ2n) is 3.79. The van der Waals surface area contributed by atoms with Crippen molar-refractivity contribution < 1.29 is 19.1 Å². The molecule has 1 amide bonds. The second-order valence-corrected chi connectivity index (χ2v) is 3.79. The topological polar surface area (TPSA) is 76.7 Å². The number of hydrogen-bond acceptors (Lipinski definition) is 5. The van der Waals surface area contributed by atoms with E-state index in [0.717, 1.165) is 0 Å². The first-order valence-corrected chi connectivity index (χ1v) is 5.23. The first-order chi connectivity index (χ1) is 7.60. The first-order valence-electron chi connectivity index (χ1n) is 5.23. The maximum Gasteiger partial charge on any atom is 0.328 e. The number of carbonyl (C=O) groups excluding carboxylic acids is 2. The van der Waals surface area contributed by atoms with E-state index in [1.165, 1.54) is 7.11 Å². The summed E-state index contributed by atoms with van der Waals surface area (Å²) < 4.78 is 9.74. The molecule has 1 rings (SSSR count). The van der Waals surface area contributed by atoms with Crippen LogP contribution in [0.1, 0.15) is 6.92 Å². The minimum Gasteiger partial charge on any atom is -0.467 e. The fourth-order valence-electron chi connectivity index (χ4n) is 1.65. The number of methoxy groups -OCH3 is 1. The van der Waals surface area contributed by atoms with Gasteiger partial charge in [-0.3, -0.25) is 4.79 Å². The third kappa shape index (κ3) is 2.93. The van der Waals surface area contributed by atoms with Crippen LogP contribution in [0.4, 0.5) is 0 Å². The molecule has 0 spiro atoms. The molecule has 16 heavy (non-hydrogen) atoms. The highest BCUT2D eigenvalue weighted by molar-refractivity contribution is 5.86. The molecule has 3 unspecified atom stereocenters. The van der Waals surface area contributed by atoms with Crippen LogP contribution in [0.25, 0.3) is 0 Å². The third-order valence-electron chi connectivity index (χ3n) is 2.70. The average Bonchev–Trinajstić information content (AvgIpc) is 2.75. The molecule has 0 bridgehead atoms. The predicted molar refractivity (Wildman–Crippen MR) is 56.8 cm³/mol. The fourth-order valence-corrected chi connectivity index (χ4v) is 1.65. The summed E-state index contributed by atoms with van der Waals surface area (Å²) in [5.74, 6) is -0.889. The summed E-state index contributed by atoms with van der Waals surface area (Å²) in [6.07, 6.45) is 0. The van der Waals surface area contributed by atoms with Crippen LogP contribution >= 0.6 is 0 Å². The van der Waals surface area contributed by atoms with Crippen LogP contribution in [0.5, 0.6) is 0 Å². The number of amides is 1. The smallest absolute Gasteiger partial charge is 0.328 e. The highest BCUT2D eigenvalue weighted by Crippen LogP contribution is 2.13. The molecule has 0 aromatic rings. The van der Waals surface area contributed by atoms with Crippen molar-refractivity contribution >= 4 is 11.9 Å². The molecule has 0 aromatic carbocycles. The van der Waals surface area contributed by atoms with Crippen molar-refractivity contribution in [3.63, 3.8) is 0 Å². The van der Waals surface area contributed by atoms with E-state index < -0.39 is 12.0 Å². The maximum absolute atomic E-state index is 11.8. The standard InChI is InChI=1S/C10H18N2O4/c1-6(10(14)15-3)12-9(13)7-4-16-5-8(7)11-2/h6-8,11H,4-5H2,1-3H3,(H,12,13). The van der Waals surface area contributed by atoms with Gasteiger partial charge in [-0.2, -0.15) is 0 Å². The zero-order valence-electron chi connectivity index (χ0n) is 9.78. The lowest BCUT2D eigenvalue weighted by atomic mass is 10.0. The van der Waals surface area contributed by atoms with Crippen LogP contribution in [0.2, 0.25) is 0 Å². The summed E-state index contributed by atoms with van der Waals surface area (Å²) in [5, 5.41) is 5.61. The quantitative estimate of drug-likeness (QED) is 0.599. The molecule has 0 radical (unpaired) electrons. The lowest BCUT2D eigenvalue weighted by Crippen LogP contribution is -2.47. The molecule has 6 nitrogen and oxygen atoms in total. The van der Waals surface area contributed by atoms with Crippen molar-refractivity contribution in [2.75, 3.05) is 27.4 Å². The van der Waals surface area contributed by atoms with Gasteiger partial charge in [0.2, 0.25) is 5.91 Å². The Bertz CT molecular complexity index is 270. The van der Waals surface area contributed by atoms with Gasteiger partial charge in [0.25, 0.3) is 0 Å². The number of esters is 1. The van der Waals surface area contributed by atoms with Gasteiger partial charge in [0, 0.05) is 6.04 Å². The van der Waals surface area contributed by atoms with Crippen LogP contribution in [-0.4, -0.2) is 51.3 Å². The second kappa shape index (κ2) is 5.81. The van der Waals surface area contributed by atoms with Crippen LogP contribution in [0.15, 0.2) is 0 Å². The van der Waals surface area contributed by atoms with Gasteiger partial charge in [-0.15, -0.1) is 0 Å². The first kappa shape index (κ1) is 12.9. The zero-order chi connectivity index (χ0) is 12.1. The molecule has 0 aromatic heterocycles. The molecule has 1 heterocycles. The number of rotatable bonds is 4. The monoisotopic (exact) mass is 230 g/mol. The Labute approximate surface area is 94.7 Å². The molecule has 1 aliphatic rings. The van der Waals surface area contributed by atoms with Crippen molar-refractivity contribution in [1.29, 1.82) is 0 Å². The summed E-state index contributed by atoms with van der Waals surface area (Å²) >= 11 is 0. The van der Waals surface area contributed by atoms with E-state index in [0.29, 0.717) is 13.2 Å². The lowest BCUT2D eigenvalue weighted by molar-refractivity contribution is -0.145. The summed E-state index contributed by atoms with van der Waals surface area (Å²) in [6.45, 7) is 2.49. The van der Waals surface area contributed by atoms with Crippen LogP contribution in [0, 0.1) is 5.92 Å². The van der Waals surface area contributed by atoms with E-state index in [1.54, 1.807) is 14.0 Å². The summed E-state index contributed by atoms with van der Waals surface area (Å²) in [6, 6.07) is -0.625. The average molecular weight is 230 g/mol. The lowest BCUT2D eigenvalue weighted by Gasteiger charge is -2.18. The number of ether oxygens (including phenoxy) is 2. The van der Waals surface area contributed by atoms with Crippen LogP contribution < -0.4 is 10.6 Å². The highest BCUT2D eigenvalue weighted by Gasteiger charge is 2.34. The summed E-state index contributed by atoms with van der Waals surface area (Å²) in [7, 11) is 3.07. The molecule has 2 N–H and O–H groups in total. The normalized spacial score (nSPS) is 26.2. The van der Waals surface area contributed by atoms with Crippen LogP contribution in [-0.2, 0) is 19.1 Å². The molecule has 0 aliphatic carbocycles. The zero-order valence-corrected chi connectivity index (χ0v) is 9.78. The van der Waals surface area contributed by atoms with Crippen molar-refractivity contribution in [2.45, 2.75) is 19.0 Å². The van der Waals surface area contributed by atoms with E-state index >= 15 is 0 Å². The Morgan fingerprint density at radius 3 is 2.69 bits per heavy atom. The molecule has 6 heteroatoms. The largest absolute Gasteiger partial charge is 0.467 e. The van der Waals surface area contributed by atoms with Gasteiger partial charge in [-0.05, 0) is 14.0 Å². The van der Waals surface area contributed by atoms with Gasteiger partial charge in [-0.25, -0.2) is 4.79 Å². The minimum absolute atomic E-state index is 0.00449. The van der Waals surface area contributed by atoms with E-state index in [9.17, 15) is 9.59 Å². The predicted octanol–water partition coefficient (Wildman–Crippen LogP) is -1.10.